The molecule has 0 radical (unpaired) electrons. The number of nitrogens with zero attached hydrogens (tertiary/aromatic N) is 2. The Morgan fingerprint density at radius 2 is 2.40 bits per heavy atom. The maximum atomic E-state index is 12.5. The van der Waals surface area contributed by atoms with Crippen molar-refractivity contribution in [2.75, 3.05) is 6.54 Å². The molecule has 1 amide bonds. The van der Waals surface area contributed by atoms with Gasteiger partial charge in [0.15, 0.2) is 5.76 Å². The zero-order chi connectivity index (χ0) is 14.1. The van der Waals surface area contributed by atoms with Gasteiger partial charge in [-0.1, -0.05) is 25.1 Å². The van der Waals surface area contributed by atoms with E-state index in [1.54, 1.807) is 0 Å². The van der Waals surface area contributed by atoms with Crippen molar-refractivity contribution < 1.29 is 9.32 Å². The van der Waals surface area contributed by atoms with Crippen LogP contribution in [0.15, 0.2) is 28.1 Å². The van der Waals surface area contributed by atoms with Gasteiger partial charge in [-0.05, 0) is 30.2 Å². The monoisotopic (exact) mass is 290 g/mol. The number of carbonyl (C=O) groups excluding carboxylic acids is 1. The number of amides is 1. The Morgan fingerprint density at radius 3 is 3.05 bits per heavy atom. The normalized spacial score (nSPS) is 18.9. The molecule has 3 heterocycles. The van der Waals surface area contributed by atoms with Crippen LogP contribution in [0.1, 0.15) is 59.8 Å². The van der Waals surface area contributed by atoms with Gasteiger partial charge in [-0.2, -0.15) is 0 Å². The highest BCUT2D eigenvalue weighted by Gasteiger charge is 2.33. The van der Waals surface area contributed by atoms with Gasteiger partial charge in [0.2, 0.25) is 0 Å². The highest BCUT2D eigenvalue weighted by Crippen LogP contribution is 2.34. The molecule has 5 heteroatoms. The number of thiophene rings is 1. The van der Waals surface area contributed by atoms with Crippen LogP contribution in [0.4, 0.5) is 0 Å². The molecule has 0 bridgehead atoms. The minimum atomic E-state index is 0.0320. The van der Waals surface area contributed by atoms with Crippen molar-refractivity contribution in [3.05, 3.63) is 39.9 Å². The predicted molar refractivity (Wildman–Crippen MR) is 77.9 cm³/mol. The molecule has 20 heavy (non-hydrogen) atoms. The summed E-state index contributed by atoms with van der Waals surface area (Å²) in [4.78, 5) is 15.2. The first-order valence-electron chi connectivity index (χ1n) is 6.98. The lowest BCUT2D eigenvalue weighted by molar-refractivity contribution is 0.0719. The second-order valence-corrected chi connectivity index (χ2v) is 6.39. The van der Waals surface area contributed by atoms with Crippen molar-refractivity contribution in [3.8, 4) is 0 Å². The van der Waals surface area contributed by atoms with E-state index in [4.69, 9.17) is 4.52 Å². The summed E-state index contributed by atoms with van der Waals surface area (Å²) in [6.45, 7) is 4.97. The second-order valence-electron chi connectivity index (χ2n) is 5.44. The maximum absolute atomic E-state index is 12.5. The fourth-order valence-electron chi connectivity index (χ4n) is 2.58. The van der Waals surface area contributed by atoms with Crippen molar-refractivity contribution in [2.45, 2.75) is 38.6 Å². The van der Waals surface area contributed by atoms with E-state index in [-0.39, 0.29) is 11.9 Å². The molecule has 1 fully saturated rings. The zero-order valence-corrected chi connectivity index (χ0v) is 12.5. The van der Waals surface area contributed by atoms with Gasteiger partial charge in [0.1, 0.15) is 0 Å². The first-order valence-corrected chi connectivity index (χ1v) is 7.85. The molecule has 0 spiro atoms. The molecule has 0 N–H and O–H groups in total. The third-order valence-electron chi connectivity index (χ3n) is 3.71. The highest BCUT2D eigenvalue weighted by atomic mass is 32.1. The fraction of sp³-hybridized carbons (Fsp3) is 0.467. The summed E-state index contributed by atoms with van der Waals surface area (Å²) in [6.07, 6.45) is 1.96. The summed E-state index contributed by atoms with van der Waals surface area (Å²) in [5.74, 6) is 1.26. The van der Waals surface area contributed by atoms with Crippen molar-refractivity contribution >= 4 is 17.2 Å². The van der Waals surface area contributed by atoms with E-state index in [0.29, 0.717) is 5.92 Å². The van der Waals surface area contributed by atoms with E-state index < -0.39 is 0 Å². The van der Waals surface area contributed by atoms with Crippen molar-refractivity contribution in [2.24, 2.45) is 0 Å². The lowest BCUT2D eigenvalue weighted by Gasteiger charge is -2.21. The Labute approximate surface area is 122 Å². The quantitative estimate of drug-likeness (QED) is 0.863. The van der Waals surface area contributed by atoms with Crippen LogP contribution in [0, 0.1) is 0 Å². The third kappa shape index (κ3) is 2.38. The molecule has 0 aromatic carbocycles. The van der Waals surface area contributed by atoms with Gasteiger partial charge in [0, 0.05) is 12.6 Å². The average molecular weight is 290 g/mol. The van der Waals surface area contributed by atoms with Crippen LogP contribution in [0.25, 0.3) is 0 Å². The molecular weight excluding hydrogens is 272 g/mol. The number of aromatic nitrogens is 1. The van der Waals surface area contributed by atoms with Crippen LogP contribution in [-0.4, -0.2) is 22.5 Å². The topological polar surface area (TPSA) is 46.3 Å². The molecule has 106 valence electrons. The van der Waals surface area contributed by atoms with Gasteiger partial charge in [-0.15, -0.1) is 11.3 Å². The van der Waals surface area contributed by atoms with Crippen LogP contribution in [0.2, 0.25) is 0 Å². The van der Waals surface area contributed by atoms with Gasteiger partial charge < -0.3 is 9.42 Å². The second kappa shape index (κ2) is 5.40. The molecular formula is C15H18N2O2S. The molecule has 0 aliphatic carbocycles. The average Bonchev–Trinajstić information content (AvgIpc) is 3.17. The Morgan fingerprint density at radius 1 is 1.55 bits per heavy atom. The highest BCUT2D eigenvalue weighted by molar-refractivity contribution is 7.12. The van der Waals surface area contributed by atoms with Crippen LogP contribution < -0.4 is 0 Å². The zero-order valence-electron chi connectivity index (χ0n) is 11.7. The Hall–Kier alpha value is -1.62. The van der Waals surface area contributed by atoms with Crippen molar-refractivity contribution in [1.82, 2.24) is 10.1 Å². The molecule has 2 aromatic rings. The molecule has 0 saturated carbocycles. The van der Waals surface area contributed by atoms with Crippen LogP contribution in [0.3, 0.4) is 0 Å². The molecule has 0 unspecified atom stereocenters. The lowest BCUT2D eigenvalue weighted by atomic mass is 10.1. The predicted octanol–water partition coefficient (Wildman–Crippen LogP) is 3.84. The third-order valence-corrected chi connectivity index (χ3v) is 4.57. The first kappa shape index (κ1) is 13.4. The van der Waals surface area contributed by atoms with Crippen LogP contribution in [0.5, 0.6) is 0 Å². The number of rotatable bonds is 3. The SMILES string of the molecule is CC(C)c1cc([C@H]2CCCN2C(=O)c2cccs2)on1. The van der Waals surface area contributed by atoms with E-state index in [1.807, 2.05) is 28.5 Å². The summed E-state index contributed by atoms with van der Waals surface area (Å²) in [7, 11) is 0. The summed E-state index contributed by atoms with van der Waals surface area (Å²) in [5.41, 5.74) is 0.954. The summed E-state index contributed by atoms with van der Waals surface area (Å²) in [5, 5.41) is 6.04. The van der Waals surface area contributed by atoms with E-state index in [1.165, 1.54) is 11.3 Å². The van der Waals surface area contributed by atoms with Gasteiger partial charge in [-0.25, -0.2) is 0 Å². The van der Waals surface area contributed by atoms with Gasteiger partial charge in [0.05, 0.1) is 16.6 Å². The lowest BCUT2D eigenvalue weighted by Crippen LogP contribution is -2.29. The summed E-state index contributed by atoms with van der Waals surface area (Å²) < 4.78 is 5.47. The first-order chi connectivity index (χ1) is 9.66. The number of carbonyl (C=O) groups is 1. The largest absolute Gasteiger partial charge is 0.359 e. The van der Waals surface area contributed by atoms with Gasteiger partial charge in [-0.3, -0.25) is 4.79 Å². The Bertz CT molecular complexity index is 589. The van der Waals surface area contributed by atoms with E-state index >= 15 is 0 Å². The number of hydrogen-bond acceptors (Lipinski definition) is 4. The smallest absolute Gasteiger partial charge is 0.264 e. The minimum absolute atomic E-state index is 0.0320. The van der Waals surface area contributed by atoms with Crippen molar-refractivity contribution in [3.63, 3.8) is 0 Å². The van der Waals surface area contributed by atoms with Crippen LogP contribution in [-0.2, 0) is 0 Å². The van der Waals surface area contributed by atoms with E-state index in [2.05, 4.69) is 19.0 Å². The molecule has 1 aliphatic rings. The van der Waals surface area contributed by atoms with E-state index in [9.17, 15) is 4.79 Å². The molecule has 2 aromatic heterocycles. The molecule has 1 atom stereocenters. The summed E-state index contributed by atoms with van der Waals surface area (Å²) in [6, 6.07) is 5.82. The molecule has 3 rings (SSSR count). The number of hydrogen-bond donors (Lipinski definition) is 0. The fourth-order valence-corrected chi connectivity index (χ4v) is 3.26. The molecule has 4 nitrogen and oxygen atoms in total. The molecule has 1 aliphatic heterocycles. The van der Waals surface area contributed by atoms with Crippen LogP contribution >= 0.6 is 11.3 Å². The van der Waals surface area contributed by atoms with Crippen molar-refractivity contribution in [1.29, 1.82) is 0 Å². The minimum Gasteiger partial charge on any atom is -0.359 e. The van der Waals surface area contributed by atoms with Gasteiger partial charge in [0.25, 0.3) is 5.91 Å². The number of likely N-dealkylation sites (tertiary alicyclic amines) is 1. The van der Waals surface area contributed by atoms with Gasteiger partial charge >= 0.3 is 0 Å². The Kier molecular flexibility index (Phi) is 3.61. The van der Waals surface area contributed by atoms with E-state index in [0.717, 1.165) is 35.7 Å². The standard InChI is InChI=1S/C15H18N2O2S/c1-10(2)11-9-13(19-16-11)12-5-3-7-17(12)15(18)14-6-4-8-20-14/h4,6,8-10,12H,3,5,7H2,1-2H3/t12-/m1/s1. The molecule has 1 saturated heterocycles. The maximum Gasteiger partial charge on any atom is 0.264 e. The Balaban J connectivity index is 1.83. The summed E-state index contributed by atoms with van der Waals surface area (Å²) >= 11 is 1.49.